The number of nitrogens with one attached hydrogen (secondary N) is 3. The SMILES string of the molecule is CNc1cc2nc(C)c(-c3cc(NC(=O)NCCC(C)(C)C(F)(F)F)c(F)cc3C)cc2cn1. The Morgan fingerprint density at radius 3 is 2.41 bits per heavy atom. The molecule has 0 fully saturated rings. The van der Waals surface area contributed by atoms with Crippen molar-refractivity contribution in [3.8, 4) is 11.1 Å². The number of hydrogen-bond donors (Lipinski definition) is 3. The van der Waals surface area contributed by atoms with Crippen LogP contribution < -0.4 is 16.0 Å². The number of carbonyl (C=O) groups is 1. The molecule has 0 aliphatic rings. The lowest BCUT2D eigenvalue weighted by Crippen LogP contribution is -2.37. The first kappa shape index (κ1) is 25.2. The zero-order valence-electron chi connectivity index (χ0n) is 19.6. The molecule has 0 atom stereocenters. The molecule has 10 heteroatoms. The highest BCUT2D eigenvalue weighted by Gasteiger charge is 2.46. The van der Waals surface area contributed by atoms with E-state index < -0.39 is 23.4 Å². The van der Waals surface area contributed by atoms with E-state index in [2.05, 4.69) is 25.9 Å². The van der Waals surface area contributed by atoms with Gasteiger partial charge in [-0.05, 0) is 49.6 Å². The number of halogens is 4. The number of nitrogens with zero attached hydrogens (tertiary/aromatic N) is 2. The molecule has 182 valence electrons. The number of amides is 2. The molecule has 0 radical (unpaired) electrons. The third-order valence-corrected chi connectivity index (χ3v) is 5.80. The zero-order valence-corrected chi connectivity index (χ0v) is 19.6. The van der Waals surface area contributed by atoms with E-state index in [9.17, 15) is 22.4 Å². The summed E-state index contributed by atoms with van der Waals surface area (Å²) in [5.74, 6) is 0.0278. The highest BCUT2D eigenvalue weighted by molar-refractivity contribution is 5.92. The number of anilines is 2. The number of urea groups is 1. The van der Waals surface area contributed by atoms with E-state index in [-0.39, 0.29) is 18.7 Å². The van der Waals surface area contributed by atoms with E-state index in [0.717, 1.165) is 30.3 Å². The smallest absolute Gasteiger partial charge is 0.373 e. The Bertz CT molecular complexity index is 1220. The predicted molar refractivity (Wildman–Crippen MR) is 125 cm³/mol. The average Bonchev–Trinajstić information content (AvgIpc) is 2.74. The minimum absolute atomic E-state index is 0.0867. The molecule has 0 aliphatic heterocycles. The zero-order chi connectivity index (χ0) is 25.3. The number of carbonyl (C=O) groups excluding carboxylic acids is 1. The summed E-state index contributed by atoms with van der Waals surface area (Å²) in [7, 11) is 1.76. The van der Waals surface area contributed by atoms with Gasteiger partial charge in [-0.2, -0.15) is 13.2 Å². The Kier molecular flexibility index (Phi) is 6.99. The van der Waals surface area contributed by atoms with Crippen LogP contribution in [-0.2, 0) is 0 Å². The van der Waals surface area contributed by atoms with Gasteiger partial charge in [-0.3, -0.25) is 4.98 Å². The van der Waals surface area contributed by atoms with Gasteiger partial charge in [0.15, 0.2) is 0 Å². The lowest BCUT2D eigenvalue weighted by Gasteiger charge is -2.27. The minimum Gasteiger partial charge on any atom is -0.373 e. The molecular formula is C24H27F4N5O. The Morgan fingerprint density at radius 1 is 1.06 bits per heavy atom. The van der Waals surface area contributed by atoms with Crippen LogP contribution in [0.1, 0.15) is 31.5 Å². The van der Waals surface area contributed by atoms with Crippen LogP contribution in [-0.4, -0.2) is 35.8 Å². The van der Waals surface area contributed by atoms with E-state index in [1.807, 2.05) is 19.1 Å². The Labute approximate surface area is 195 Å². The van der Waals surface area contributed by atoms with Gasteiger partial charge in [0.2, 0.25) is 0 Å². The summed E-state index contributed by atoms with van der Waals surface area (Å²) in [5, 5.41) is 8.52. The summed E-state index contributed by atoms with van der Waals surface area (Å²) in [6, 6.07) is 5.72. The number of aryl methyl sites for hydroxylation is 2. The van der Waals surface area contributed by atoms with Crippen LogP contribution in [0, 0.1) is 25.1 Å². The maximum absolute atomic E-state index is 14.6. The fourth-order valence-corrected chi connectivity index (χ4v) is 3.43. The first-order chi connectivity index (χ1) is 15.8. The van der Waals surface area contributed by atoms with Gasteiger partial charge in [0.1, 0.15) is 11.6 Å². The summed E-state index contributed by atoms with van der Waals surface area (Å²) in [6.07, 6.45) is -3.01. The Hall–Kier alpha value is -3.43. The largest absolute Gasteiger partial charge is 0.394 e. The second-order valence-electron chi connectivity index (χ2n) is 8.79. The van der Waals surface area contributed by atoms with Crippen LogP contribution in [0.5, 0.6) is 0 Å². The summed E-state index contributed by atoms with van der Waals surface area (Å²) < 4.78 is 53.5. The maximum atomic E-state index is 14.6. The molecule has 6 nitrogen and oxygen atoms in total. The van der Waals surface area contributed by atoms with E-state index in [4.69, 9.17) is 0 Å². The number of benzene rings is 1. The van der Waals surface area contributed by atoms with Crippen molar-refractivity contribution in [1.82, 2.24) is 15.3 Å². The molecule has 0 spiro atoms. The highest BCUT2D eigenvalue weighted by Crippen LogP contribution is 2.40. The van der Waals surface area contributed by atoms with Gasteiger partial charge in [-0.25, -0.2) is 14.2 Å². The first-order valence-electron chi connectivity index (χ1n) is 10.7. The van der Waals surface area contributed by atoms with Crippen molar-refractivity contribution in [1.29, 1.82) is 0 Å². The van der Waals surface area contributed by atoms with Gasteiger partial charge < -0.3 is 16.0 Å². The molecule has 1 aromatic carbocycles. The standard InChI is InChI=1S/C24H27F4N5O/c1-13-8-18(25)20(33-22(34)30-7-6-23(3,4)24(26,27)28)10-16(13)17-9-15-12-31-21(29-5)11-19(15)32-14(17)2/h8-12H,6-7H2,1-5H3,(H,29,31)(H2,30,33,34). The van der Waals surface area contributed by atoms with Crippen molar-refractivity contribution in [2.75, 3.05) is 24.2 Å². The number of fused-ring (bicyclic) bond motifs is 1. The molecule has 0 unspecified atom stereocenters. The van der Waals surface area contributed by atoms with Gasteiger partial charge in [0, 0.05) is 42.5 Å². The van der Waals surface area contributed by atoms with Crippen LogP contribution in [0.4, 0.5) is 33.9 Å². The monoisotopic (exact) mass is 477 g/mol. The third-order valence-electron chi connectivity index (χ3n) is 5.80. The van der Waals surface area contributed by atoms with Gasteiger partial charge >= 0.3 is 12.2 Å². The molecule has 2 amide bonds. The number of hydrogen-bond acceptors (Lipinski definition) is 4. The van der Waals surface area contributed by atoms with E-state index in [0.29, 0.717) is 22.6 Å². The van der Waals surface area contributed by atoms with Gasteiger partial charge in [0.05, 0.1) is 16.6 Å². The van der Waals surface area contributed by atoms with Crippen LogP contribution in [0.2, 0.25) is 0 Å². The van der Waals surface area contributed by atoms with E-state index >= 15 is 0 Å². The fraction of sp³-hybridized carbons (Fsp3) is 0.375. The lowest BCUT2D eigenvalue weighted by atomic mass is 9.89. The molecule has 2 aromatic heterocycles. The number of alkyl halides is 3. The van der Waals surface area contributed by atoms with Crippen molar-refractivity contribution in [2.45, 2.75) is 40.3 Å². The number of aromatic nitrogens is 2. The molecule has 0 bridgehead atoms. The van der Waals surface area contributed by atoms with Crippen LogP contribution in [0.15, 0.2) is 30.5 Å². The van der Waals surface area contributed by atoms with Gasteiger partial charge in [-0.1, -0.05) is 13.8 Å². The summed E-state index contributed by atoms with van der Waals surface area (Å²) in [5.41, 5.74) is 1.47. The molecule has 3 aromatic rings. The molecule has 34 heavy (non-hydrogen) atoms. The summed E-state index contributed by atoms with van der Waals surface area (Å²) >= 11 is 0. The minimum atomic E-state index is -4.39. The van der Waals surface area contributed by atoms with Crippen molar-refractivity contribution < 1.29 is 22.4 Å². The molecule has 0 saturated heterocycles. The number of pyridine rings is 2. The topological polar surface area (TPSA) is 78.9 Å². The maximum Gasteiger partial charge on any atom is 0.394 e. The molecule has 3 rings (SSSR count). The lowest BCUT2D eigenvalue weighted by molar-refractivity contribution is -0.213. The summed E-state index contributed by atoms with van der Waals surface area (Å²) in [4.78, 5) is 21.2. The van der Waals surface area contributed by atoms with Crippen molar-refractivity contribution in [3.63, 3.8) is 0 Å². The molecule has 0 aliphatic carbocycles. The Balaban J connectivity index is 1.83. The first-order valence-corrected chi connectivity index (χ1v) is 10.7. The second kappa shape index (κ2) is 9.44. The normalized spacial score (nSPS) is 12.0. The van der Waals surface area contributed by atoms with Crippen LogP contribution in [0.3, 0.4) is 0 Å². The average molecular weight is 478 g/mol. The quantitative estimate of drug-likeness (QED) is 0.370. The van der Waals surface area contributed by atoms with E-state index in [1.165, 1.54) is 12.1 Å². The molecule has 2 heterocycles. The van der Waals surface area contributed by atoms with Crippen molar-refractivity contribution in [2.24, 2.45) is 5.41 Å². The Morgan fingerprint density at radius 2 is 1.76 bits per heavy atom. The third kappa shape index (κ3) is 5.37. The van der Waals surface area contributed by atoms with Crippen molar-refractivity contribution >= 4 is 28.4 Å². The second-order valence-corrected chi connectivity index (χ2v) is 8.79. The summed E-state index contributed by atoms with van der Waals surface area (Å²) in [6.45, 7) is 5.49. The molecule has 0 saturated carbocycles. The van der Waals surface area contributed by atoms with Crippen molar-refractivity contribution in [3.05, 3.63) is 47.5 Å². The van der Waals surface area contributed by atoms with E-state index in [1.54, 1.807) is 20.2 Å². The molecule has 3 N–H and O–H groups in total. The molecular weight excluding hydrogens is 450 g/mol. The number of rotatable bonds is 6. The predicted octanol–water partition coefficient (Wildman–Crippen LogP) is 6.19. The highest BCUT2D eigenvalue weighted by atomic mass is 19.4. The van der Waals surface area contributed by atoms with Gasteiger partial charge in [-0.15, -0.1) is 0 Å². The van der Waals surface area contributed by atoms with Crippen LogP contribution in [0.25, 0.3) is 22.0 Å². The van der Waals surface area contributed by atoms with Gasteiger partial charge in [0.25, 0.3) is 0 Å². The fourth-order valence-electron chi connectivity index (χ4n) is 3.43. The van der Waals surface area contributed by atoms with Crippen LogP contribution >= 0.6 is 0 Å².